The summed E-state index contributed by atoms with van der Waals surface area (Å²) < 4.78 is 5.67. The number of aliphatic hydroxyl groups excluding tert-OH is 1. The molecule has 0 aliphatic carbocycles. The lowest BCUT2D eigenvalue weighted by atomic mass is 10.1. The van der Waals surface area contributed by atoms with Crippen LogP contribution in [0, 0.1) is 0 Å². The van der Waals surface area contributed by atoms with Crippen molar-refractivity contribution in [3.05, 3.63) is 54.4 Å². The molecule has 1 N–H and O–H groups in total. The highest BCUT2D eigenvalue weighted by Crippen LogP contribution is 2.25. The first-order valence-corrected chi connectivity index (χ1v) is 7.45. The lowest BCUT2D eigenvalue weighted by Gasteiger charge is -1.99. The zero-order chi connectivity index (χ0) is 13.9. The predicted octanol–water partition coefficient (Wildman–Crippen LogP) is 4.17. The highest BCUT2D eigenvalue weighted by molar-refractivity contribution is 7.97. The number of rotatable bonds is 3. The van der Waals surface area contributed by atoms with Gasteiger partial charge in [0.1, 0.15) is 5.52 Å². The van der Waals surface area contributed by atoms with Gasteiger partial charge in [-0.2, -0.15) is 11.4 Å². The number of hydrogen-bond acceptors (Lipinski definition) is 2. The molecule has 0 unspecified atom stereocenters. The molecule has 0 radical (unpaired) electrons. The summed E-state index contributed by atoms with van der Waals surface area (Å²) in [6.07, 6.45) is 0. The third-order valence-corrected chi connectivity index (χ3v) is 3.87. The van der Waals surface area contributed by atoms with Gasteiger partial charge in [-0.05, 0) is 30.2 Å². The SMILES string of the molecule is CC(O)=[SH]Cc1nc2cc(-c3ccccc3)ccc2o1. The molecular formula is C16H15NO2S. The van der Waals surface area contributed by atoms with Gasteiger partial charge in [0.15, 0.2) is 5.58 Å². The summed E-state index contributed by atoms with van der Waals surface area (Å²) in [4.78, 5) is 4.47. The van der Waals surface area contributed by atoms with Gasteiger partial charge in [0.2, 0.25) is 5.89 Å². The highest BCUT2D eigenvalue weighted by Gasteiger charge is 2.06. The first kappa shape index (κ1) is 13.1. The number of hydrogen-bond donors (Lipinski definition) is 2. The first-order chi connectivity index (χ1) is 9.72. The second kappa shape index (κ2) is 5.61. The molecule has 3 rings (SSSR count). The van der Waals surface area contributed by atoms with Gasteiger partial charge in [0.25, 0.3) is 0 Å². The van der Waals surface area contributed by atoms with Gasteiger partial charge in [-0.25, -0.2) is 4.98 Å². The van der Waals surface area contributed by atoms with Crippen molar-refractivity contribution in [2.45, 2.75) is 12.7 Å². The Hall–Kier alpha value is -1.91. The van der Waals surface area contributed by atoms with E-state index in [1.54, 1.807) is 6.92 Å². The molecule has 1 heterocycles. The van der Waals surface area contributed by atoms with E-state index in [1.165, 1.54) is 0 Å². The van der Waals surface area contributed by atoms with Crippen molar-refractivity contribution in [2.24, 2.45) is 0 Å². The Morgan fingerprint density at radius 1 is 1.15 bits per heavy atom. The fraction of sp³-hybridized carbons (Fsp3) is 0.125. The van der Waals surface area contributed by atoms with Crippen molar-refractivity contribution in [3.63, 3.8) is 0 Å². The lowest BCUT2D eigenvalue weighted by Crippen LogP contribution is -1.83. The third-order valence-electron chi connectivity index (χ3n) is 2.98. The van der Waals surface area contributed by atoms with Crippen LogP contribution in [0.15, 0.2) is 52.9 Å². The molecule has 20 heavy (non-hydrogen) atoms. The molecule has 102 valence electrons. The fourth-order valence-corrected chi connectivity index (χ4v) is 2.53. The monoisotopic (exact) mass is 285 g/mol. The van der Waals surface area contributed by atoms with Gasteiger partial charge < -0.3 is 9.52 Å². The van der Waals surface area contributed by atoms with Crippen LogP contribution in [0.3, 0.4) is 0 Å². The standard InChI is InChI=1S/C16H15NO2S/c1-11(18)20-10-16-17-14-9-13(7-8-15(14)19-16)12-5-3-2-4-6-12/h2-9,18,20H,10H2,1H3. The smallest absolute Gasteiger partial charge is 0.204 e. The van der Waals surface area contributed by atoms with Crippen LogP contribution < -0.4 is 0 Å². The Balaban J connectivity index is 1.97. The second-order valence-corrected chi connectivity index (χ2v) is 5.80. The molecule has 0 amide bonds. The molecule has 0 aliphatic heterocycles. The minimum Gasteiger partial charge on any atom is -0.440 e. The molecule has 0 fully saturated rings. The maximum Gasteiger partial charge on any atom is 0.204 e. The van der Waals surface area contributed by atoms with Crippen LogP contribution in [-0.2, 0) is 5.75 Å². The van der Waals surface area contributed by atoms with Crippen LogP contribution in [0.25, 0.3) is 22.2 Å². The van der Waals surface area contributed by atoms with E-state index in [9.17, 15) is 5.11 Å². The molecule has 0 atom stereocenters. The second-order valence-electron chi connectivity index (χ2n) is 4.52. The number of oxazole rings is 1. The lowest BCUT2D eigenvalue weighted by molar-refractivity contribution is 0.554. The number of fused-ring (bicyclic) bond motifs is 1. The van der Waals surface area contributed by atoms with E-state index in [0.29, 0.717) is 16.7 Å². The molecule has 0 spiro atoms. The van der Waals surface area contributed by atoms with Crippen molar-refractivity contribution in [1.29, 1.82) is 0 Å². The van der Waals surface area contributed by atoms with Gasteiger partial charge >= 0.3 is 0 Å². The quantitative estimate of drug-likeness (QED) is 0.561. The third kappa shape index (κ3) is 2.81. The molecule has 0 saturated carbocycles. The summed E-state index contributed by atoms with van der Waals surface area (Å²) in [5.41, 5.74) is 3.93. The summed E-state index contributed by atoms with van der Waals surface area (Å²) in [6, 6.07) is 16.2. The number of aromatic nitrogens is 1. The summed E-state index contributed by atoms with van der Waals surface area (Å²) in [6.45, 7) is 1.68. The Labute approximate surface area is 120 Å². The van der Waals surface area contributed by atoms with Crippen LogP contribution in [0.1, 0.15) is 12.8 Å². The van der Waals surface area contributed by atoms with E-state index < -0.39 is 0 Å². The van der Waals surface area contributed by atoms with Crippen molar-refractivity contribution < 1.29 is 9.52 Å². The molecule has 2 aromatic carbocycles. The van der Waals surface area contributed by atoms with Crippen LogP contribution in [0.4, 0.5) is 0 Å². The molecule has 4 heteroatoms. The normalized spacial score (nSPS) is 12.4. The van der Waals surface area contributed by atoms with Gasteiger partial charge in [-0.15, -0.1) is 0 Å². The first-order valence-electron chi connectivity index (χ1n) is 6.37. The molecule has 0 saturated heterocycles. The van der Waals surface area contributed by atoms with Gasteiger partial charge in [-0.1, -0.05) is 36.4 Å². The minimum absolute atomic E-state index is 0.372. The molecular weight excluding hydrogens is 270 g/mol. The highest BCUT2D eigenvalue weighted by atomic mass is 32.1. The Morgan fingerprint density at radius 3 is 2.70 bits per heavy atom. The van der Waals surface area contributed by atoms with Crippen molar-refractivity contribution >= 4 is 27.5 Å². The average Bonchev–Trinajstić information content (AvgIpc) is 2.88. The molecule has 0 aliphatic rings. The number of benzene rings is 2. The van der Waals surface area contributed by atoms with Crippen molar-refractivity contribution in [3.8, 4) is 11.1 Å². The topological polar surface area (TPSA) is 46.3 Å². The number of nitrogens with zero attached hydrogens (tertiary/aromatic N) is 1. The molecule has 0 bridgehead atoms. The van der Waals surface area contributed by atoms with Crippen LogP contribution in [0.2, 0.25) is 0 Å². The van der Waals surface area contributed by atoms with Crippen LogP contribution in [0.5, 0.6) is 0 Å². The summed E-state index contributed by atoms with van der Waals surface area (Å²) in [5.74, 6) is 1.25. The van der Waals surface area contributed by atoms with Crippen LogP contribution in [-0.4, -0.2) is 15.1 Å². The Morgan fingerprint density at radius 2 is 1.95 bits per heavy atom. The molecule has 1 aromatic heterocycles. The number of thiol groups is 1. The average molecular weight is 285 g/mol. The van der Waals surface area contributed by atoms with Gasteiger partial charge in [0, 0.05) is 0 Å². The summed E-state index contributed by atoms with van der Waals surface area (Å²) in [7, 11) is 0. The zero-order valence-electron chi connectivity index (χ0n) is 11.1. The number of aliphatic hydroxyl groups is 1. The fourth-order valence-electron chi connectivity index (χ4n) is 2.03. The van der Waals surface area contributed by atoms with E-state index in [4.69, 9.17) is 4.42 Å². The minimum atomic E-state index is 0.372. The summed E-state index contributed by atoms with van der Waals surface area (Å²) in [5, 5.41) is 9.59. The predicted molar refractivity (Wildman–Crippen MR) is 85.4 cm³/mol. The van der Waals surface area contributed by atoms with Gasteiger partial charge in [0.05, 0.1) is 10.8 Å². The molecule has 3 aromatic rings. The van der Waals surface area contributed by atoms with E-state index >= 15 is 0 Å². The molecule has 3 nitrogen and oxygen atoms in total. The van der Waals surface area contributed by atoms with Crippen LogP contribution >= 0.6 is 11.4 Å². The van der Waals surface area contributed by atoms with E-state index in [2.05, 4.69) is 17.1 Å². The Bertz CT molecular complexity index is 759. The largest absolute Gasteiger partial charge is 0.440 e. The van der Waals surface area contributed by atoms with E-state index in [-0.39, 0.29) is 0 Å². The van der Waals surface area contributed by atoms with E-state index in [0.717, 1.165) is 33.6 Å². The van der Waals surface area contributed by atoms with Crippen molar-refractivity contribution in [1.82, 2.24) is 4.98 Å². The van der Waals surface area contributed by atoms with Crippen molar-refractivity contribution in [2.75, 3.05) is 0 Å². The van der Waals surface area contributed by atoms with E-state index in [1.807, 2.05) is 36.4 Å². The maximum absolute atomic E-state index is 9.22. The summed E-state index contributed by atoms with van der Waals surface area (Å²) >= 11 is 0.827. The Kier molecular flexibility index (Phi) is 3.67. The zero-order valence-corrected chi connectivity index (χ0v) is 12.0. The van der Waals surface area contributed by atoms with Gasteiger partial charge in [-0.3, -0.25) is 0 Å². The maximum atomic E-state index is 9.22.